The fraction of sp³-hybridized carbons (Fsp3) is 0.519. The van der Waals surface area contributed by atoms with Crippen LogP contribution in [0.15, 0.2) is 48.5 Å². The van der Waals surface area contributed by atoms with Gasteiger partial charge in [-0.2, -0.15) is 0 Å². The maximum absolute atomic E-state index is 13.4. The second-order valence-corrected chi connectivity index (χ2v) is 10.7. The second-order valence-electron chi connectivity index (χ2n) is 10.7. The first-order chi connectivity index (χ1) is 13.6. The van der Waals surface area contributed by atoms with E-state index in [1.165, 1.54) is 42.4 Å². The molecule has 0 aromatic heterocycles. The Kier molecular flexibility index (Phi) is 6.22. The molecule has 29 heavy (non-hydrogen) atoms. The summed E-state index contributed by atoms with van der Waals surface area (Å²) in [5.74, 6) is 0.566. The van der Waals surface area contributed by atoms with Gasteiger partial charge in [0.1, 0.15) is 0 Å². The summed E-state index contributed by atoms with van der Waals surface area (Å²) in [7, 11) is 0. The summed E-state index contributed by atoms with van der Waals surface area (Å²) in [5, 5.41) is 3.41. The minimum atomic E-state index is 0.000569. The van der Waals surface area contributed by atoms with Crippen molar-refractivity contribution in [3.8, 4) is 0 Å². The molecular weight excluding hydrogens is 354 g/mol. The largest absolute Gasteiger partial charge is 0.345 e. The van der Waals surface area contributed by atoms with Crippen LogP contribution in [0.5, 0.6) is 0 Å². The van der Waals surface area contributed by atoms with Gasteiger partial charge in [0.2, 0.25) is 0 Å². The molecule has 1 fully saturated rings. The lowest BCUT2D eigenvalue weighted by atomic mass is 9.79. The van der Waals surface area contributed by atoms with Crippen molar-refractivity contribution in [1.82, 2.24) is 5.32 Å². The molecule has 0 aliphatic heterocycles. The highest BCUT2D eigenvalue weighted by Crippen LogP contribution is 2.36. The number of hydrogen-bond donors (Lipinski definition) is 1. The summed E-state index contributed by atoms with van der Waals surface area (Å²) in [5.41, 5.74) is 4.43. The van der Waals surface area contributed by atoms with E-state index >= 15 is 0 Å². The first kappa shape index (κ1) is 21.6. The summed E-state index contributed by atoms with van der Waals surface area (Å²) in [6, 6.07) is 17.0. The predicted molar refractivity (Wildman–Crippen MR) is 122 cm³/mol. The normalized spacial score (nSPS) is 16.6. The number of carbonyl (C=O) groups excluding carboxylic acids is 1. The Morgan fingerprint density at radius 2 is 1.38 bits per heavy atom. The molecule has 0 bridgehead atoms. The average Bonchev–Trinajstić information content (AvgIpc) is 3.19. The SMILES string of the molecule is CC(C)(C)c1cc(C(=O)NC(c2ccccc2)C2CCCC2)cc(C(C)(C)C)c1. The van der Waals surface area contributed by atoms with E-state index in [1.807, 2.05) is 6.07 Å². The smallest absolute Gasteiger partial charge is 0.251 e. The number of rotatable bonds is 4. The highest BCUT2D eigenvalue weighted by molar-refractivity contribution is 5.95. The van der Waals surface area contributed by atoms with E-state index in [0.717, 1.165) is 5.56 Å². The van der Waals surface area contributed by atoms with Crippen molar-refractivity contribution in [3.05, 3.63) is 70.8 Å². The van der Waals surface area contributed by atoms with Gasteiger partial charge in [-0.1, -0.05) is 90.8 Å². The third-order valence-electron chi connectivity index (χ3n) is 6.24. The maximum Gasteiger partial charge on any atom is 0.251 e. The molecule has 1 amide bonds. The van der Waals surface area contributed by atoms with Crippen molar-refractivity contribution >= 4 is 5.91 Å². The molecule has 0 saturated heterocycles. The molecule has 2 nitrogen and oxygen atoms in total. The maximum atomic E-state index is 13.4. The molecular formula is C27H37NO. The molecule has 156 valence electrons. The van der Waals surface area contributed by atoms with E-state index < -0.39 is 0 Å². The highest BCUT2D eigenvalue weighted by atomic mass is 16.1. The van der Waals surface area contributed by atoms with Gasteiger partial charge in [-0.3, -0.25) is 4.79 Å². The summed E-state index contributed by atoms with van der Waals surface area (Å²) in [4.78, 5) is 13.4. The zero-order valence-electron chi connectivity index (χ0n) is 19.0. The third kappa shape index (κ3) is 5.29. The van der Waals surface area contributed by atoms with Crippen LogP contribution in [0.3, 0.4) is 0 Å². The van der Waals surface area contributed by atoms with E-state index in [0.29, 0.717) is 5.92 Å². The van der Waals surface area contributed by atoms with Gasteiger partial charge in [0.15, 0.2) is 0 Å². The predicted octanol–water partition coefficient (Wildman–Crippen LogP) is 6.94. The minimum Gasteiger partial charge on any atom is -0.345 e. The average molecular weight is 392 g/mol. The molecule has 0 spiro atoms. The lowest BCUT2D eigenvalue weighted by Crippen LogP contribution is -2.33. The van der Waals surface area contributed by atoms with Crippen LogP contribution in [0.4, 0.5) is 0 Å². The Morgan fingerprint density at radius 1 is 0.862 bits per heavy atom. The van der Waals surface area contributed by atoms with E-state index in [9.17, 15) is 4.79 Å². The van der Waals surface area contributed by atoms with Crippen LogP contribution in [0.2, 0.25) is 0 Å². The Bertz CT molecular complexity index is 801. The van der Waals surface area contributed by atoms with Gasteiger partial charge >= 0.3 is 0 Å². The standard InChI is InChI=1S/C27H37NO/c1-26(2,3)22-16-21(17-23(18-22)27(4,5)6)25(29)28-24(20-14-10-11-15-20)19-12-8-7-9-13-19/h7-9,12-13,16-18,20,24H,10-11,14-15H2,1-6H3,(H,28,29). The summed E-state index contributed by atoms with van der Waals surface area (Å²) in [6.07, 6.45) is 4.90. The van der Waals surface area contributed by atoms with Crippen molar-refractivity contribution in [2.24, 2.45) is 5.92 Å². The van der Waals surface area contributed by atoms with E-state index in [4.69, 9.17) is 0 Å². The first-order valence-electron chi connectivity index (χ1n) is 11.1. The van der Waals surface area contributed by atoms with Crippen LogP contribution in [-0.4, -0.2) is 5.91 Å². The Labute approximate surface area is 177 Å². The summed E-state index contributed by atoms with van der Waals surface area (Å²) in [6.45, 7) is 13.3. The van der Waals surface area contributed by atoms with Gasteiger partial charge in [-0.15, -0.1) is 0 Å². The van der Waals surface area contributed by atoms with Gasteiger partial charge < -0.3 is 5.32 Å². The lowest BCUT2D eigenvalue weighted by Gasteiger charge is -2.28. The molecule has 3 rings (SSSR count). The monoisotopic (exact) mass is 391 g/mol. The van der Waals surface area contributed by atoms with E-state index in [-0.39, 0.29) is 22.8 Å². The highest BCUT2D eigenvalue weighted by Gasteiger charge is 2.29. The molecule has 2 heteroatoms. The molecule has 0 radical (unpaired) electrons. The molecule has 1 unspecified atom stereocenters. The Balaban J connectivity index is 1.95. The zero-order chi connectivity index (χ0) is 21.2. The van der Waals surface area contributed by atoms with Gasteiger partial charge in [0.05, 0.1) is 6.04 Å². The number of nitrogens with one attached hydrogen (secondary N) is 1. The van der Waals surface area contributed by atoms with Crippen molar-refractivity contribution in [2.45, 2.75) is 84.1 Å². The Hall–Kier alpha value is -2.09. The quantitative estimate of drug-likeness (QED) is 0.600. The number of amides is 1. The van der Waals surface area contributed by atoms with E-state index in [2.05, 4.69) is 89.3 Å². The van der Waals surface area contributed by atoms with Crippen molar-refractivity contribution in [1.29, 1.82) is 0 Å². The van der Waals surface area contributed by atoms with Gasteiger partial charge in [-0.05, 0) is 58.4 Å². The molecule has 1 saturated carbocycles. The molecule has 0 heterocycles. The minimum absolute atomic E-state index is 0.000569. The fourth-order valence-corrected chi connectivity index (χ4v) is 4.27. The molecule has 1 aliphatic carbocycles. The van der Waals surface area contributed by atoms with Crippen LogP contribution in [-0.2, 0) is 10.8 Å². The van der Waals surface area contributed by atoms with Crippen LogP contribution in [0, 0.1) is 5.92 Å². The van der Waals surface area contributed by atoms with Crippen LogP contribution < -0.4 is 5.32 Å². The molecule has 1 N–H and O–H groups in total. The van der Waals surface area contributed by atoms with Crippen LogP contribution >= 0.6 is 0 Å². The molecule has 1 aliphatic rings. The topological polar surface area (TPSA) is 29.1 Å². The van der Waals surface area contributed by atoms with E-state index in [1.54, 1.807) is 0 Å². The first-order valence-corrected chi connectivity index (χ1v) is 11.1. The lowest BCUT2D eigenvalue weighted by molar-refractivity contribution is 0.0921. The third-order valence-corrected chi connectivity index (χ3v) is 6.24. The van der Waals surface area contributed by atoms with Gasteiger partial charge in [0, 0.05) is 5.56 Å². The molecule has 2 aromatic rings. The van der Waals surface area contributed by atoms with Crippen LogP contribution in [0.25, 0.3) is 0 Å². The van der Waals surface area contributed by atoms with Gasteiger partial charge in [0.25, 0.3) is 5.91 Å². The van der Waals surface area contributed by atoms with Crippen molar-refractivity contribution in [3.63, 3.8) is 0 Å². The fourth-order valence-electron chi connectivity index (χ4n) is 4.27. The number of carbonyl (C=O) groups is 1. The second kappa shape index (κ2) is 8.34. The zero-order valence-corrected chi connectivity index (χ0v) is 19.0. The Morgan fingerprint density at radius 3 is 1.86 bits per heavy atom. The van der Waals surface area contributed by atoms with Crippen LogP contribution in [0.1, 0.15) is 100 Å². The molecule has 2 aromatic carbocycles. The summed E-state index contributed by atoms with van der Waals surface area (Å²) < 4.78 is 0. The molecule has 1 atom stereocenters. The number of benzene rings is 2. The van der Waals surface area contributed by atoms with Crippen molar-refractivity contribution < 1.29 is 4.79 Å². The van der Waals surface area contributed by atoms with Crippen molar-refractivity contribution in [2.75, 3.05) is 0 Å². The summed E-state index contributed by atoms with van der Waals surface area (Å²) >= 11 is 0. The van der Waals surface area contributed by atoms with Gasteiger partial charge in [-0.25, -0.2) is 0 Å². The number of hydrogen-bond acceptors (Lipinski definition) is 1.